The molecular weight excluding hydrogens is 361 g/mol. The summed E-state index contributed by atoms with van der Waals surface area (Å²) in [6, 6.07) is 4.23. The maximum Gasteiger partial charge on any atom is 0.250 e. The van der Waals surface area contributed by atoms with Crippen molar-refractivity contribution in [1.29, 1.82) is 0 Å². The molecule has 1 aromatic heterocycles. The molecule has 3 heterocycles. The average molecular weight is 378 g/mol. The summed E-state index contributed by atoms with van der Waals surface area (Å²) in [7, 11) is 0. The van der Waals surface area contributed by atoms with Crippen molar-refractivity contribution in [2.75, 3.05) is 26.2 Å². The van der Waals surface area contributed by atoms with Gasteiger partial charge in [-0.15, -0.1) is 4.37 Å². The van der Waals surface area contributed by atoms with Gasteiger partial charge in [0, 0.05) is 29.6 Å². The summed E-state index contributed by atoms with van der Waals surface area (Å²) in [5.74, 6) is 7.01. The molecule has 2 aliphatic heterocycles. The summed E-state index contributed by atoms with van der Waals surface area (Å²) in [6.07, 6.45) is 2.51. The Labute approximate surface area is 155 Å². The number of aromatic nitrogens is 2. The Bertz CT molecular complexity index is 811. The fourth-order valence-electron chi connectivity index (χ4n) is 3.70. The molecule has 25 heavy (non-hydrogen) atoms. The zero-order valence-corrected chi connectivity index (χ0v) is 15.1. The van der Waals surface area contributed by atoms with Gasteiger partial charge in [-0.1, -0.05) is 23.4 Å². The minimum absolute atomic E-state index is 0.188. The van der Waals surface area contributed by atoms with E-state index in [-0.39, 0.29) is 6.61 Å². The molecule has 2 fully saturated rings. The molecule has 4 nitrogen and oxygen atoms in total. The molecule has 1 aromatic carbocycles. The number of nitrogens with zero attached hydrogens (tertiary/aromatic N) is 3. The van der Waals surface area contributed by atoms with Crippen LogP contribution < -0.4 is 4.74 Å². The Morgan fingerprint density at radius 1 is 1.32 bits per heavy atom. The van der Waals surface area contributed by atoms with Gasteiger partial charge in [-0.05, 0) is 43.5 Å². The number of ether oxygens (including phenoxy) is 1. The molecule has 0 radical (unpaired) electrons. The summed E-state index contributed by atoms with van der Waals surface area (Å²) in [4.78, 5) is 2.50. The van der Waals surface area contributed by atoms with Gasteiger partial charge in [0.05, 0.1) is 11.7 Å². The molecule has 0 N–H and O–H groups in total. The highest BCUT2D eigenvalue weighted by molar-refractivity contribution is 6.99. The molecule has 2 bridgehead atoms. The minimum Gasteiger partial charge on any atom is -0.463 e. The smallest absolute Gasteiger partial charge is 0.250 e. The summed E-state index contributed by atoms with van der Waals surface area (Å²) >= 11 is 7.01. The van der Waals surface area contributed by atoms with Crippen LogP contribution in [0.25, 0.3) is 0 Å². The number of hydrogen-bond donors (Lipinski definition) is 0. The van der Waals surface area contributed by atoms with Crippen molar-refractivity contribution in [3.63, 3.8) is 0 Å². The molecule has 2 unspecified atom stereocenters. The van der Waals surface area contributed by atoms with Gasteiger partial charge >= 0.3 is 0 Å². The number of piperidine rings is 1. The molecule has 4 rings (SSSR count). The number of halogens is 2. The second-order valence-corrected chi connectivity index (χ2v) is 7.44. The van der Waals surface area contributed by atoms with Gasteiger partial charge in [0.25, 0.3) is 0 Å². The third-order valence-electron chi connectivity index (χ3n) is 4.78. The van der Waals surface area contributed by atoms with Gasteiger partial charge in [0.15, 0.2) is 6.61 Å². The summed E-state index contributed by atoms with van der Waals surface area (Å²) in [5.41, 5.74) is 1.50. The fraction of sp³-hybridized carbons (Fsp3) is 0.444. The van der Waals surface area contributed by atoms with Crippen molar-refractivity contribution in [3.05, 3.63) is 40.3 Å². The van der Waals surface area contributed by atoms with Crippen LogP contribution in [0.5, 0.6) is 5.88 Å². The van der Waals surface area contributed by atoms with E-state index >= 15 is 0 Å². The Balaban J connectivity index is 1.41. The quantitative estimate of drug-likeness (QED) is 0.766. The standard InChI is InChI=1S/C18H17ClFN3OS/c19-14-7-12(8-15(20)9-14)3-2-6-24-18-17(21-25-22-18)16-11-23-5-1-4-13(16)10-23/h7-9,13,16H,1,4-6,10-11H2/t13?,16-/m0/s1. The Hall–Kier alpha value is -1.68. The van der Waals surface area contributed by atoms with E-state index < -0.39 is 5.82 Å². The van der Waals surface area contributed by atoms with Crippen molar-refractivity contribution >= 4 is 23.3 Å². The maximum absolute atomic E-state index is 13.3. The fourth-order valence-corrected chi connectivity index (χ4v) is 4.49. The first-order chi connectivity index (χ1) is 12.2. The lowest BCUT2D eigenvalue weighted by molar-refractivity contribution is 0.269. The lowest BCUT2D eigenvalue weighted by Crippen LogP contribution is -2.25. The normalized spacial score (nSPS) is 24.6. The van der Waals surface area contributed by atoms with E-state index in [0.29, 0.717) is 28.3 Å². The molecule has 2 aliphatic rings. The monoisotopic (exact) mass is 377 g/mol. The van der Waals surface area contributed by atoms with Crippen molar-refractivity contribution in [3.8, 4) is 17.7 Å². The molecule has 0 spiro atoms. The molecule has 3 atom stereocenters. The van der Waals surface area contributed by atoms with Crippen LogP contribution in [0.3, 0.4) is 0 Å². The van der Waals surface area contributed by atoms with Crippen molar-refractivity contribution in [2.24, 2.45) is 5.92 Å². The molecule has 7 heteroatoms. The second-order valence-electron chi connectivity index (χ2n) is 6.47. The van der Waals surface area contributed by atoms with Crippen LogP contribution in [-0.4, -0.2) is 39.9 Å². The van der Waals surface area contributed by atoms with Crippen LogP contribution in [0.15, 0.2) is 18.2 Å². The number of fused-ring (bicyclic) bond motifs is 2. The molecule has 2 aromatic rings. The Morgan fingerprint density at radius 3 is 3.08 bits per heavy atom. The van der Waals surface area contributed by atoms with Gasteiger partial charge in [-0.3, -0.25) is 0 Å². The van der Waals surface area contributed by atoms with Crippen LogP contribution in [0.2, 0.25) is 5.02 Å². The molecule has 0 saturated carbocycles. The first kappa shape index (κ1) is 16.8. The first-order valence-corrected chi connectivity index (χ1v) is 9.42. The summed E-state index contributed by atoms with van der Waals surface area (Å²) in [5, 5.41) is 0.332. The molecule has 130 valence electrons. The Kier molecular flexibility index (Phi) is 4.89. The highest BCUT2D eigenvalue weighted by Gasteiger charge is 2.39. The number of benzene rings is 1. The van der Waals surface area contributed by atoms with Gasteiger partial charge in [0.1, 0.15) is 11.5 Å². The highest BCUT2D eigenvalue weighted by Crippen LogP contribution is 2.40. The van der Waals surface area contributed by atoms with E-state index in [1.54, 1.807) is 6.07 Å². The maximum atomic E-state index is 13.3. The number of hydrogen-bond acceptors (Lipinski definition) is 5. The van der Waals surface area contributed by atoms with Crippen molar-refractivity contribution in [1.82, 2.24) is 13.6 Å². The van der Waals surface area contributed by atoms with Gasteiger partial charge in [-0.2, -0.15) is 4.37 Å². The third-order valence-corrected chi connectivity index (χ3v) is 5.52. The molecule has 2 saturated heterocycles. The van der Waals surface area contributed by atoms with Crippen molar-refractivity contribution < 1.29 is 9.13 Å². The average Bonchev–Trinajstić information content (AvgIpc) is 3.14. The molecule has 0 amide bonds. The molecule has 0 aliphatic carbocycles. The SMILES string of the molecule is Fc1cc(Cl)cc(C#CCOc2nsnc2[C@H]2CN3CCCC2C3)c1. The summed E-state index contributed by atoms with van der Waals surface area (Å²) < 4.78 is 27.8. The zero-order chi connectivity index (χ0) is 17.2. The van der Waals surface area contributed by atoms with E-state index in [0.717, 1.165) is 18.8 Å². The lowest BCUT2D eigenvalue weighted by Gasteiger charge is -2.21. The third kappa shape index (κ3) is 3.79. The minimum atomic E-state index is -0.397. The van der Waals surface area contributed by atoms with Crippen LogP contribution in [-0.2, 0) is 0 Å². The predicted octanol–water partition coefficient (Wildman–Crippen LogP) is 3.57. The first-order valence-electron chi connectivity index (χ1n) is 8.31. The topological polar surface area (TPSA) is 38.3 Å². The van der Waals surface area contributed by atoms with Crippen LogP contribution in [0, 0.1) is 23.6 Å². The van der Waals surface area contributed by atoms with Crippen LogP contribution in [0.1, 0.15) is 30.0 Å². The number of rotatable bonds is 3. The van der Waals surface area contributed by atoms with Gasteiger partial charge in [0.2, 0.25) is 5.88 Å². The zero-order valence-electron chi connectivity index (χ0n) is 13.5. The van der Waals surface area contributed by atoms with E-state index in [9.17, 15) is 4.39 Å². The van der Waals surface area contributed by atoms with Crippen LogP contribution >= 0.6 is 23.3 Å². The predicted molar refractivity (Wildman–Crippen MR) is 95.6 cm³/mol. The lowest BCUT2D eigenvalue weighted by atomic mass is 9.89. The van der Waals surface area contributed by atoms with E-state index in [2.05, 4.69) is 25.5 Å². The second kappa shape index (κ2) is 7.28. The van der Waals surface area contributed by atoms with E-state index in [1.807, 2.05) is 0 Å². The van der Waals surface area contributed by atoms with Crippen LogP contribution in [0.4, 0.5) is 4.39 Å². The largest absolute Gasteiger partial charge is 0.463 e. The van der Waals surface area contributed by atoms with Gasteiger partial charge < -0.3 is 9.64 Å². The van der Waals surface area contributed by atoms with E-state index in [1.165, 1.54) is 43.2 Å². The van der Waals surface area contributed by atoms with E-state index in [4.69, 9.17) is 16.3 Å². The Morgan fingerprint density at radius 2 is 2.24 bits per heavy atom. The molecular formula is C18H17ClFN3OS. The summed E-state index contributed by atoms with van der Waals surface area (Å²) in [6.45, 7) is 3.57. The van der Waals surface area contributed by atoms with Gasteiger partial charge in [-0.25, -0.2) is 4.39 Å². The highest BCUT2D eigenvalue weighted by atomic mass is 35.5. The van der Waals surface area contributed by atoms with Crippen molar-refractivity contribution in [2.45, 2.75) is 18.8 Å².